The lowest BCUT2D eigenvalue weighted by Gasteiger charge is -2.41. The normalized spacial score (nSPS) is 25.7. The third kappa shape index (κ3) is 6.98. The quantitative estimate of drug-likeness (QED) is 0.255. The fourth-order valence-corrected chi connectivity index (χ4v) is 3.76. The number of nitrogens with two attached hydrogens (primary N) is 1. The highest BCUT2D eigenvalue weighted by molar-refractivity contribution is 5.95. The zero-order valence-electron chi connectivity index (χ0n) is 18.9. The van der Waals surface area contributed by atoms with Gasteiger partial charge in [0.1, 0.15) is 17.7 Å². The number of rotatable bonds is 8. The summed E-state index contributed by atoms with van der Waals surface area (Å²) in [6.45, 7) is 5.09. The first-order valence-electron chi connectivity index (χ1n) is 10.7. The second-order valence-corrected chi connectivity index (χ2v) is 8.89. The van der Waals surface area contributed by atoms with Crippen molar-refractivity contribution in [3.8, 4) is 0 Å². The van der Waals surface area contributed by atoms with E-state index in [0.717, 1.165) is 0 Å². The average Bonchev–Trinajstić information content (AvgIpc) is 2.71. The second kappa shape index (κ2) is 10.7. The molecule has 5 unspecified atom stereocenters. The minimum Gasteiger partial charge on any atom is -0.390 e. The van der Waals surface area contributed by atoms with Gasteiger partial charge in [-0.05, 0) is 43.5 Å². The third-order valence-corrected chi connectivity index (χ3v) is 5.56. The molecule has 1 aromatic rings. The number of benzene rings is 1. The summed E-state index contributed by atoms with van der Waals surface area (Å²) in [6, 6.07) is 3.17. The summed E-state index contributed by atoms with van der Waals surface area (Å²) in [5.41, 5.74) is 4.03. The van der Waals surface area contributed by atoms with Crippen LogP contribution in [0.15, 0.2) is 24.3 Å². The topological polar surface area (TPSA) is 191 Å². The molecule has 11 heteroatoms. The van der Waals surface area contributed by atoms with E-state index in [2.05, 4.69) is 16.0 Å². The second-order valence-electron chi connectivity index (χ2n) is 8.89. The van der Waals surface area contributed by atoms with E-state index in [1.54, 1.807) is 0 Å². The van der Waals surface area contributed by atoms with Crippen LogP contribution in [0.3, 0.4) is 0 Å². The van der Waals surface area contributed by atoms with E-state index < -0.39 is 60.6 Å². The van der Waals surface area contributed by atoms with E-state index >= 15 is 0 Å². The van der Waals surface area contributed by atoms with Crippen LogP contribution < -0.4 is 21.7 Å². The van der Waals surface area contributed by atoms with Gasteiger partial charge in [0.25, 0.3) is 5.91 Å². The highest BCUT2D eigenvalue weighted by atomic mass is 16.3. The molecule has 0 spiro atoms. The van der Waals surface area contributed by atoms with Crippen LogP contribution in [0.4, 0.5) is 10.5 Å². The fourth-order valence-electron chi connectivity index (χ4n) is 3.76. The van der Waals surface area contributed by atoms with Gasteiger partial charge in [0, 0.05) is 24.1 Å². The molecule has 1 aromatic carbocycles. The first-order chi connectivity index (χ1) is 15.3. The first-order valence-corrected chi connectivity index (χ1v) is 10.7. The smallest absolute Gasteiger partial charge is 0.319 e. The summed E-state index contributed by atoms with van der Waals surface area (Å²) in [5, 5.41) is 38.8. The van der Waals surface area contributed by atoms with Crippen molar-refractivity contribution < 1.29 is 34.5 Å². The van der Waals surface area contributed by atoms with Gasteiger partial charge in [0.2, 0.25) is 5.91 Å². The van der Waals surface area contributed by atoms with Gasteiger partial charge in [-0.1, -0.05) is 13.8 Å². The Bertz CT molecular complexity index is 889. The van der Waals surface area contributed by atoms with Gasteiger partial charge >= 0.3 is 6.03 Å². The lowest BCUT2D eigenvalue weighted by atomic mass is 9.77. The molecule has 8 N–H and O–H groups in total. The molecule has 2 rings (SSSR count). The average molecular weight is 465 g/mol. The van der Waals surface area contributed by atoms with Gasteiger partial charge < -0.3 is 37.0 Å². The van der Waals surface area contributed by atoms with Crippen LogP contribution in [0.2, 0.25) is 0 Å². The van der Waals surface area contributed by atoms with Crippen LogP contribution in [0, 0.1) is 5.92 Å². The first kappa shape index (κ1) is 26.2. The number of urea groups is 1. The number of amides is 4. The van der Waals surface area contributed by atoms with Gasteiger partial charge in [-0.2, -0.15) is 0 Å². The summed E-state index contributed by atoms with van der Waals surface area (Å²) in [6.07, 6.45) is -3.58. The number of hydrogen-bond donors (Lipinski definition) is 7. The van der Waals surface area contributed by atoms with Gasteiger partial charge in [-0.25, -0.2) is 4.79 Å². The van der Waals surface area contributed by atoms with Crippen molar-refractivity contribution >= 4 is 29.3 Å². The molecular weight excluding hydrogens is 432 g/mol. The van der Waals surface area contributed by atoms with Crippen LogP contribution in [-0.2, 0) is 9.59 Å². The minimum atomic E-state index is -2.15. The van der Waals surface area contributed by atoms with Crippen LogP contribution in [-0.4, -0.2) is 68.8 Å². The van der Waals surface area contributed by atoms with Gasteiger partial charge in [-0.15, -0.1) is 0 Å². The van der Waals surface area contributed by atoms with Crippen molar-refractivity contribution in [1.82, 2.24) is 10.6 Å². The third-order valence-electron chi connectivity index (χ3n) is 5.56. The summed E-state index contributed by atoms with van der Waals surface area (Å²) >= 11 is 0. The Morgan fingerprint density at radius 3 is 2.24 bits per heavy atom. The van der Waals surface area contributed by atoms with E-state index in [0.29, 0.717) is 11.3 Å². The Kier molecular flexibility index (Phi) is 8.53. The van der Waals surface area contributed by atoms with E-state index in [4.69, 9.17) is 5.73 Å². The molecule has 1 saturated carbocycles. The zero-order valence-corrected chi connectivity index (χ0v) is 18.9. The molecule has 1 fully saturated rings. The molecule has 0 bridgehead atoms. The molecule has 0 radical (unpaired) electrons. The molecular formula is C22H32N4O7. The zero-order chi connectivity index (χ0) is 24.9. The Morgan fingerprint density at radius 2 is 1.73 bits per heavy atom. The predicted octanol–water partition coefficient (Wildman–Crippen LogP) is -0.358. The SMILES string of the molecule is CC(=O)c1ccc(NC(=O)NC2CC(O)(C(=O)NC(CC(C)C)C(N)=O)CC(O)C2O)cc1. The number of carbonyl (C=O) groups excluding carboxylic acids is 4. The van der Waals surface area contributed by atoms with Crippen molar-refractivity contribution in [3.63, 3.8) is 0 Å². The molecule has 1 aliphatic carbocycles. The van der Waals surface area contributed by atoms with Crippen molar-refractivity contribution in [1.29, 1.82) is 0 Å². The Balaban J connectivity index is 2.08. The van der Waals surface area contributed by atoms with E-state index in [-0.39, 0.29) is 18.1 Å². The number of primary amides is 1. The lowest BCUT2D eigenvalue weighted by Crippen LogP contribution is -2.64. The number of aliphatic hydroxyl groups excluding tert-OH is 2. The molecule has 5 atom stereocenters. The molecule has 1 aliphatic rings. The maximum absolute atomic E-state index is 12.8. The standard InChI is InChI=1S/C22H32N4O7/c1-11(2)8-15(19(23)30)25-20(31)22(33)9-16(18(29)17(28)10-22)26-21(32)24-14-6-4-13(5-7-14)12(3)27/h4-7,11,15-18,28-29,33H,8-10H2,1-3H3,(H2,23,30)(H,25,31)(H2,24,26,32). The van der Waals surface area contributed by atoms with E-state index in [9.17, 15) is 34.5 Å². The van der Waals surface area contributed by atoms with Gasteiger partial charge in [0.05, 0.1) is 12.1 Å². The Labute approximate surface area is 191 Å². The van der Waals surface area contributed by atoms with Crippen molar-refractivity contribution in [2.75, 3.05) is 5.32 Å². The van der Waals surface area contributed by atoms with Gasteiger partial charge in [-0.3, -0.25) is 14.4 Å². The number of ketones is 1. The number of Topliss-reactive ketones (excluding diaryl/α,β-unsaturated/α-hetero) is 1. The number of hydrogen-bond acceptors (Lipinski definition) is 7. The van der Waals surface area contributed by atoms with Crippen LogP contribution in [0.1, 0.15) is 50.4 Å². The largest absolute Gasteiger partial charge is 0.390 e. The molecule has 0 aliphatic heterocycles. The van der Waals surface area contributed by atoms with Crippen molar-refractivity contribution in [3.05, 3.63) is 29.8 Å². The Morgan fingerprint density at radius 1 is 1.12 bits per heavy atom. The molecule has 11 nitrogen and oxygen atoms in total. The fraction of sp³-hybridized carbons (Fsp3) is 0.545. The maximum Gasteiger partial charge on any atom is 0.319 e. The summed E-state index contributed by atoms with van der Waals surface area (Å²) in [4.78, 5) is 48.2. The van der Waals surface area contributed by atoms with Crippen LogP contribution in [0.25, 0.3) is 0 Å². The number of carbonyl (C=O) groups is 4. The molecule has 182 valence electrons. The molecule has 0 saturated heterocycles. The highest BCUT2D eigenvalue weighted by Crippen LogP contribution is 2.30. The number of aliphatic hydroxyl groups is 3. The predicted molar refractivity (Wildman–Crippen MR) is 119 cm³/mol. The molecule has 0 aromatic heterocycles. The highest BCUT2D eigenvalue weighted by Gasteiger charge is 2.49. The minimum absolute atomic E-state index is 0.0406. The van der Waals surface area contributed by atoms with Crippen LogP contribution in [0.5, 0.6) is 0 Å². The molecule has 4 amide bonds. The Hall–Kier alpha value is -3.02. The molecule has 33 heavy (non-hydrogen) atoms. The summed E-state index contributed by atoms with van der Waals surface area (Å²) in [7, 11) is 0. The monoisotopic (exact) mass is 464 g/mol. The maximum atomic E-state index is 12.8. The van der Waals surface area contributed by atoms with Crippen molar-refractivity contribution in [2.45, 2.75) is 69.9 Å². The number of nitrogens with one attached hydrogen (secondary N) is 3. The summed E-state index contributed by atoms with van der Waals surface area (Å²) in [5.74, 6) is -1.78. The summed E-state index contributed by atoms with van der Waals surface area (Å²) < 4.78 is 0. The van der Waals surface area contributed by atoms with Gasteiger partial charge in [0.15, 0.2) is 5.78 Å². The lowest BCUT2D eigenvalue weighted by molar-refractivity contribution is -0.159. The van der Waals surface area contributed by atoms with Crippen molar-refractivity contribution in [2.24, 2.45) is 11.7 Å². The molecule has 0 heterocycles. The van der Waals surface area contributed by atoms with E-state index in [1.165, 1.54) is 31.2 Å². The van der Waals surface area contributed by atoms with E-state index in [1.807, 2.05) is 13.8 Å². The number of anilines is 1. The van der Waals surface area contributed by atoms with Crippen LogP contribution >= 0.6 is 0 Å².